The second-order valence-corrected chi connectivity index (χ2v) is 8.09. The molecule has 0 saturated heterocycles. The lowest BCUT2D eigenvalue weighted by molar-refractivity contribution is 0.0972. The molecular weight excluding hydrogens is 360 g/mol. The van der Waals surface area contributed by atoms with Gasteiger partial charge in [0.05, 0.1) is 11.1 Å². The van der Waals surface area contributed by atoms with E-state index in [-0.39, 0.29) is 5.78 Å². The third kappa shape index (κ3) is 2.64. The fraction of sp³-hybridized carbons (Fsp3) is 0.292. The number of rotatable bonds is 2. The van der Waals surface area contributed by atoms with Crippen LogP contribution in [0.4, 0.5) is 0 Å². The van der Waals surface area contributed by atoms with Crippen molar-refractivity contribution in [1.82, 2.24) is 19.7 Å². The summed E-state index contributed by atoms with van der Waals surface area (Å²) in [6.07, 6.45) is 2.27. The molecule has 4 aromatic rings. The zero-order chi connectivity index (χ0) is 20.3. The van der Waals surface area contributed by atoms with E-state index in [1.165, 1.54) is 5.56 Å². The van der Waals surface area contributed by atoms with Gasteiger partial charge < -0.3 is 4.57 Å². The normalized spacial score (nSPS) is 13.9. The van der Waals surface area contributed by atoms with Crippen molar-refractivity contribution in [2.24, 2.45) is 0 Å². The highest BCUT2D eigenvalue weighted by Gasteiger charge is 2.29. The third-order valence-electron chi connectivity index (χ3n) is 6.05. The zero-order valence-corrected chi connectivity index (χ0v) is 17.3. The summed E-state index contributed by atoms with van der Waals surface area (Å²) in [6.45, 7) is 8.34. The van der Waals surface area contributed by atoms with Crippen LogP contribution in [0.3, 0.4) is 0 Å². The predicted octanol–water partition coefficient (Wildman–Crippen LogP) is 5.17. The van der Waals surface area contributed by atoms with Crippen LogP contribution in [0.1, 0.15) is 51.5 Å². The van der Waals surface area contributed by atoms with Gasteiger partial charge in [-0.2, -0.15) is 5.10 Å². The Hall–Kier alpha value is -3.21. The Balaban J connectivity index is 1.84. The van der Waals surface area contributed by atoms with Gasteiger partial charge in [-0.05, 0) is 58.7 Å². The number of H-pyrrole nitrogens is 1. The standard InChI is InChI=1S/C24H24N4O/c1-13-8-10-17(11-9-13)28-14(2)12-18(16(28)4)22-21-15(3)26-27-24(21)25-19-6-5-7-20(29)23(19)22/h8-12H,5-7H2,1-4H3,(H,25,26,27). The predicted molar refractivity (Wildman–Crippen MR) is 115 cm³/mol. The maximum atomic E-state index is 13.0. The van der Waals surface area contributed by atoms with Crippen LogP contribution in [0.15, 0.2) is 30.3 Å². The van der Waals surface area contributed by atoms with Crippen LogP contribution in [0, 0.1) is 27.7 Å². The van der Waals surface area contributed by atoms with Gasteiger partial charge in [0.25, 0.3) is 0 Å². The molecule has 0 bridgehead atoms. The Labute approximate surface area is 169 Å². The van der Waals surface area contributed by atoms with Crippen molar-refractivity contribution < 1.29 is 4.79 Å². The number of hydrogen-bond donors (Lipinski definition) is 1. The Morgan fingerprint density at radius 2 is 1.76 bits per heavy atom. The number of carbonyl (C=O) groups excluding carboxylic acids is 1. The topological polar surface area (TPSA) is 63.6 Å². The van der Waals surface area contributed by atoms with Crippen LogP contribution in [0.2, 0.25) is 0 Å². The van der Waals surface area contributed by atoms with Crippen LogP contribution in [0.5, 0.6) is 0 Å². The van der Waals surface area contributed by atoms with E-state index in [4.69, 9.17) is 4.98 Å². The van der Waals surface area contributed by atoms with Crippen molar-refractivity contribution in [3.63, 3.8) is 0 Å². The molecule has 0 spiro atoms. The fourth-order valence-corrected chi connectivity index (χ4v) is 4.65. The van der Waals surface area contributed by atoms with Gasteiger partial charge in [0.1, 0.15) is 0 Å². The number of aryl methyl sites for hydroxylation is 4. The molecule has 3 heterocycles. The molecule has 1 N–H and O–H groups in total. The first kappa shape index (κ1) is 17.9. The van der Waals surface area contributed by atoms with Crippen LogP contribution in [-0.4, -0.2) is 25.5 Å². The minimum atomic E-state index is 0.191. The summed E-state index contributed by atoms with van der Waals surface area (Å²) in [7, 11) is 0. The van der Waals surface area contributed by atoms with Crippen LogP contribution in [-0.2, 0) is 6.42 Å². The van der Waals surface area contributed by atoms with Crippen molar-refractivity contribution in [1.29, 1.82) is 0 Å². The van der Waals surface area contributed by atoms with E-state index in [0.717, 1.165) is 63.4 Å². The quantitative estimate of drug-likeness (QED) is 0.519. The number of nitrogens with one attached hydrogen (secondary N) is 1. The molecule has 0 saturated carbocycles. The summed E-state index contributed by atoms with van der Waals surface area (Å²) in [5.41, 5.74) is 10.0. The monoisotopic (exact) mass is 384 g/mol. The lowest BCUT2D eigenvalue weighted by Crippen LogP contribution is -2.15. The molecule has 0 aliphatic heterocycles. The number of fused-ring (bicyclic) bond motifs is 2. The fourth-order valence-electron chi connectivity index (χ4n) is 4.65. The minimum absolute atomic E-state index is 0.191. The number of aromatic nitrogens is 4. The highest BCUT2D eigenvalue weighted by Crippen LogP contribution is 2.40. The smallest absolute Gasteiger partial charge is 0.182 e. The number of benzene rings is 1. The number of pyridine rings is 1. The average Bonchev–Trinajstić information content (AvgIpc) is 3.21. The molecule has 1 aromatic carbocycles. The highest BCUT2D eigenvalue weighted by atomic mass is 16.1. The molecule has 0 unspecified atom stereocenters. The Bertz CT molecular complexity index is 1270. The van der Waals surface area contributed by atoms with E-state index < -0.39 is 0 Å². The van der Waals surface area contributed by atoms with Gasteiger partial charge in [-0.3, -0.25) is 9.89 Å². The molecule has 0 radical (unpaired) electrons. The van der Waals surface area contributed by atoms with Crippen molar-refractivity contribution in [3.05, 3.63) is 64.2 Å². The van der Waals surface area contributed by atoms with Crippen molar-refractivity contribution in [2.75, 3.05) is 0 Å². The molecule has 5 rings (SSSR count). The molecule has 5 nitrogen and oxygen atoms in total. The van der Waals surface area contributed by atoms with E-state index in [1.807, 2.05) is 6.92 Å². The van der Waals surface area contributed by atoms with Crippen molar-refractivity contribution >= 4 is 16.8 Å². The van der Waals surface area contributed by atoms with Gasteiger partial charge in [0, 0.05) is 45.9 Å². The van der Waals surface area contributed by atoms with Gasteiger partial charge in [0.15, 0.2) is 11.4 Å². The summed E-state index contributed by atoms with van der Waals surface area (Å²) in [4.78, 5) is 17.7. The molecule has 1 aliphatic carbocycles. The van der Waals surface area contributed by atoms with Crippen molar-refractivity contribution in [3.8, 4) is 16.8 Å². The summed E-state index contributed by atoms with van der Waals surface area (Å²) < 4.78 is 2.26. The summed E-state index contributed by atoms with van der Waals surface area (Å²) in [5, 5.41) is 8.44. The lowest BCUT2D eigenvalue weighted by atomic mass is 9.86. The number of ketones is 1. The van der Waals surface area contributed by atoms with E-state index in [1.54, 1.807) is 0 Å². The lowest BCUT2D eigenvalue weighted by Gasteiger charge is -2.19. The third-order valence-corrected chi connectivity index (χ3v) is 6.05. The summed E-state index contributed by atoms with van der Waals surface area (Å²) in [5.74, 6) is 0.191. The van der Waals surface area contributed by atoms with Crippen LogP contribution >= 0.6 is 0 Å². The Morgan fingerprint density at radius 1 is 1.00 bits per heavy atom. The summed E-state index contributed by atoms with van der Waals surface area (Å²) in [6, 6.07) is 10.7. The molecule has 1 aliphatic rings. The SMILES string of the molecule is Cc1ccc(-n2c(C)cc(-c3c4c(nc5n[nH]c(C)c35)CCCC4=O)c2C)cc1. The van der Waals surface area contributed by atoms with E-state index in [9.17, 15) is 4.79 Å². The number of nitrogens with zero attached hydrogens (tertiary/aromatic N) is 3. The van der Waals surface area contributed by atoms with Gasteiger partial charge in [-0.25, -0.2) is 4.98 Å². The molecular formula is C24H24N4O. The van der Waals surface area contributed by atoms with E-state index in [2.05, 4.69) is 65.9 Å². The largest absolute Gasteiger partial charge is 0.318 e. The minimum Gasteiger partial charge on any atom is -0.318 e. The number of hydrogen-bond acceptors (Lipinski definition) is 3. The second kappa shape index (κ2) is 6.41. The first-order chi connectivity index (χ1) is 14.0. The maximum absolute atomic E-state index is 13.0. The van der Waals surface area contributed by atoms with Gasteiger partial charge in [-0.15, -0.1) is 0 Å². The molecule has 0 fully saturated rings. The Morgan fingerprint density at radius 3 is 2.52 bits per heavy atom. The molecule has 0 atom stereocenters. The molecule has 29 heavy (non-hydrogen) atoms. The first-order valence-corrected chi connectivity index (χ1v) is 10.1. The number of carbonyl (C=O) groups is 1. The summed E-state index contributed by atoms with van der Waals surface area (Å²) >= 11 is 0. The Kier molecular flexibility index (Phi) is 3.95. The first-order valence-electron chi connectivity index (χ1n) is 10.1. The van der Waals surface area contributed by atoms with E-state index in [0.29, 0.717) is 12.1 Å². The molecule has 146 valence electrons. The van der Waals surface area contributed by atoms with E-state index >= 15 is 0 Å². The zero-order valence-electron chi connectivity index (χ0n) is 17.3. The molecule has 0 amide bonds. The van der Waals surface area contributed by atoms with Gasteiger partial charge >= 0.3 is 0 Å². The maximum Gasteiger partial charge on any atom is 0.182 e. The number of aromatic amines is 1. The van der Waals surface area contributed by atoms with Crippen LogP contribution < -0.4 is 0 Å². The highest BCUT2D eigenvalue weighted by molar-refractivity contribution is 6.11. The second-order valence-electron chi connectivity index (χ2n) is 8.09. The van der Waals surface area contributed by atoms with Gasteiger partial charge in [-0.1, -0.05) is 17.7 Å². The van der Waals surface area contributed by atoms with Gasteiger partial charge in [0.2, 0.25) is 0 Å². The molecule has 3 aromatic heterocycles. The van der Waals surface area contributed by atoms with Crippen molar-refractivity contribution in [2.45, 2.75) is 47.0 Å². The average molecular weight is 384 g/mol. The molecule has 5 heteroatoms. The number of Topliss-reactive ketones (excluding diaryl/α,β-unsaturated/α-hetero) is 1. The van der Waals surface area contributed by atoms with Crippen LogP contribution in [0.25, 0.3) is 27.8 Å².